The summed E-state index contributed by atoms with van der Waals surface area (Å²) in [5.41, 5.74) is 9.50. The summed E-state index contributed by atoms with van der Waals surface area (Å²) in [5, 5.41) is 1.16. The van der Waals surface area contributed by atoms with Crippen molar-refractivity contribution in [2.45, 2.75) is 19.9 Å². The number of nitrogens with two attached hydrogens (primary N) is 1. The molecule has 0 saturated carbocycles. The van der Waals surface area contributed by atoms with Crippen LogP contribution in [-0.4, -0.2) is 29.5 Å². The SMILES string of the molecule is Cc1ccccc1-c1nc2c(s1)CN(CCN)CC2. The first-order valence-electron chi connectivity index (χ1n) is 6.75. The fourth-order valence-corrected chi connectivity index (χ4v) is 3.79. The summed E-state index contributed by atoms with van der Waals surface area (Å²) in [7, 11) is 0. The van der Waals surface area contributed by atoms with Gasteiger partial charge in [0.1, 0.15) is 5.01 Å². The minimum absolute atomic E-state index is 0.735. The number of rotatable bonds is 3. The van der Waals surface area contributed by atoms with Crippen molar-refractivity contribution in [1.29, 1.82) is 0 Å². The molecule has 0 spiro atoms. The van der Waals surface area contributed by atoms with E-state index in [1.807, 2.05) is 11.3 Å². The monoisotopic (exact) mass is 273 g/mol. The zero-order valence-electron chi connectivity index (χ0n) is 11.2. The highest BCUT2D eigenvalue weighted by Crippen LogP contribution is 2.32. The van der Waals surface area contributed by atoms with Gasteiger partial charge in [0.25, 0.3) is 0 Å². The molecule has 1 aliphatic heterocycles. The van der Waals surface area contributed by atoms with Crippen molar-refractivity contribution in [3.8, 4) is 10.6 Å². The van der Waals surface area contributed by atoms with Gasteiger partial charge in [-0.25, -0.2) is 4.98 Å². The zero-order valence-corrected chi connectivity index (χ0v) is 12.0. The van der Waals surface area contributed by atoms with Crippen LogP contribution in [0.3, 0.4) is 0 Å². The van der Waals surface area contributed by atoms with Crippen LogP contribution >= 0.6 is 11.3 Å². The number of nitrogens with zero attached hydrogens (tertiary/aromatic N) is 2. The number of fused-ring (bicyclic) bond motifs is 1. The van der Waals surface area contributed by atoms with E-state index in [1.54, 1.807) is 0 Å². The van der Waals surface area contributed by atoms with Gasteiger partial charge in [-0.2, -0.15) is 0 Å². The minimum atomic E-state index is 0.735. The van der Waals surface area contributed by atoms with Gasteiger partial charge in [-0.1, -0.05) is 24.3 Å². The Morgan fingerprint density at radius 1 is 1.37 bits per heavy atom. The number of thiazole rings is 1. The molecule has 1 aliphatic rings. The van der Waals surface area contributed by atoms with Gasteiger partial charge in [-0.3, -0.25) is 4.90 Å². The van der Waals surface area contributed by atoms with E-state index < -0.39 is 0 Å². The molecular formula is C15H19N3S. The summed E-state index contributed by atoms with van der Waals surface area (Å²) in [4.78, 5) is 8.67. The lowest BCUT2D eigenvalue weighted by atomic mass is 10.1. The Morgan fingerprint density at radius 3 is 3.00 bits per heavy atom. The van der Waals surface area contributed by atoms with Crippen LogP contribution in [0.5, 0.6) is 0 Å². The van der Waals surface area contributed by atoms with Crippen molar-refractivity contribution in [3.05, 3.63) is 40.4 Å². The number of hydrogen-bond acceptors (Lipinski definition) is 4. The van der Waals surface area contributed by atoms with Gasteiger partial charge in [0.2, 0.25) is 0 Å². The highest BCUT2D eigenvalue weighted by atomic mass is 32.1. The first-order valence-corrected chi connectivity index (χ1v) is 7.56. The molecule has 4 heteroatoms. The van der Waals surface area contributed by atoms with Crippen molar-refractivity contribution in [1.82, 2.24) is 9.88 Å². The highest BCUT2D eigenvalue weighted by Gasteiger charge is 2.20. The molecule has 0 radical (unpaired) electrons. The Morgan fingerprint density at radius 2 is 2.21 bits per heavy atom. The van der Waals surface area contributed by atoms with Crippen molar-refractivity contribution >= 4 is 11.3 Å². The third-order valence-corrected chi connectivity index (χ3v) is 4.75. The minimum Gasteiger partial charge on any atom is -0.329 e. The lowest BCUT2D eigenvalue weighted by Gasteiger charge is -2.24. The summed E-state index contributed by atoms with van der Waals surface area (Å²) in [5.74, 6) is 0. The molecule has 19 heavy (non-hydrogen) atoms. The van der Waals surface area contributed by atoms with Crippen molar-refractivity contribution < 1.29 is 0 Å². The second-order valence-electron chi connectivity index (χ2n) is 5.02. The topological polar surface area (TPSA) is 42.2 Å². The molecule has 0 unspecified atom stereocenters. The van der Waals surface area contributed by atoms with E-state index >= 15 is 0 Å². The van der Waals surface area contributed by atoms with Crippen LogP contribution in [0.25, 0.3) is 10.6 Å². The van der Waals surface area contributed by atoms with Crippen LogP contribution in [-0.2, 0) is 13.0 Å². The molecule has 0 atom stereocenters. The Bertz CT molecular complexity index is 577. The maximum Gasteiger partial charge on any atom is 0.124 e. The second-order valence-corrected chi connectivity index (χ2v) is 6.10. The summed E-state index contributed by atoms with van der Waals surface area (Å²) in [6, 6.07) is 8.48. The van der Waals surface area contributed by atoms with Gasteiger partial charge in [0, 0.05) is 43.0 Å². The normalized spacial score (nSPS) is 15.5. The molecule has 0 fully saturated rings. The van der Waals surface area contributed by atoms with E-state index in [1.165, 1.54) is 21.7 Å². The predicted molar refractivity (Wildman–Crippen MR) is 80.3 cm³/mol. The summed E-state index contributed by atoms with van der Waals surface area (Å²) in [6.45, 7) is 5.96. The van der Waals surface area contributed by atoms with E-state index in [4.69, 9.17) is 10.7 Å². The smallest absolute Gasteiger partial charge is 0.124 e. The first kappa shape index (κ1) is 12.8. The molecule has 3 nitrogen and oxygen atoms in total. The van der Waals surface area contributed by atoms with Crippen LogP contribution in [0.15, 0.2) is 24.3 Å². The molecular weight excluding hydrogens is 254 g/mol. The van der Waals surface area contributed by atoms with Crippen molar-refractivity contribution in [3.63, 3.8) is 0 Å². The molecule has 1 aromatic carbocycles. The third-order valence-electron chi connectivity index (χ3n) is 3.63. The molecule has 0 bridgehead atoms. The average molecular weight is 273 g/mol. The maximum absolute atomic E-state index is 5.64. The number of aromatic nitrogens is 1. The first-order chi connectivity index (χ1) is 9.28. The van der Waals surface area contributed by atoms with E-state index in [0.717, 1.165) is 37.6 Å². The van der Waals surface area contributed by atoms with Gasteiger partial charge in [0.15, 0.2) is 0 Å². The Labute approximate surface area is 118 Å². The predicted octanol–water partition coefficient (Wildman–Crippen LogP) is 2.44. The maximum atomic E-state index is 5.64. The third kappa shape index (κ3) is 2.56. The summed E-state index contributed by atoms with van der Waals surface area (Å²) >= 11 is 1.84. The number of benzene rings is 1. The summed E-state index contributed by atoms with van der Waals surface area (Å²) in [6.07, 6.45) is 1.05. The largest absolute Gasteiger partial charge is 0.329 e. The molecule has 100 valence electrons. The molecule has 3 rings (SSSR count). The Balaban J connectivity index is 1.90. The Kier molecular flexibility index (Phi) is 3.64. The molecule has 0 saturated heterocycles. The van der Waals surface area contributed by atoms with Crippen molar-refractivity contribution in [2.75, 3.05) is 19.6 Å². The molecule has 1 aromatic heterocycles. The van der Waals surface area contributed by atoms with E-state index in [-0.39, 0.29) is 0 Å². The van der Waals surface area contributed by atoms with E-state index in [0.29, 0.717) is 0 Å². The lowest BCUT2D eigenvalue weighted by Crippen LogP contribution is -2.33. The lowest BCUT2D eigenvalue weighted by molar-refractivity contribution is 0.263. The van der Waals surface area contributed by atoms with Gasteiger partial charge in [-0.05, 0) is 12.5 Å². The zero-order chi connectivity index (χ0) is 13.2. The molecule has 2 N–H and O–H groups in total. The fraction of sp³-hybridized carbons (Fsp3) is 0.400. The standard InChI is InChI=1S/C15H19N3S/c1-11-4-2-3-5-12(11)15-17-13-6-8-18(9-7-16)10-14(13)19-15/h2-5H,6-10,16H2,1H3. The van der Waals surface area contributed by atoms with Crippen molar-refractivity contribution in [2.24, 2.45) is 5.73 Å². The van der Waals surface area contributed by atoms with Crippen LogP contribution in [0.1, 0.15) is 16.1 Å². The van der Waals surface area contributed by atoms with Gasteiger partial charge in [0.05, 0.1) is 5.69 Å². The van der Waals surface area contributed by atoms with Gasteiger partial charge in [-0.15, -0.1) is 11.3 Å². The molecule has 0 amide bonds. The van der Waals surface area contributed by atoms with Gasteiger partial charge >= 0.3 is 0 Å². The second kappa shape index (κ2) is 5.41. The number of hydrogen-bond donors (Lipinski definition) is 1. The van der Waals surface area contributed by atoms with Crippen LogP contribution in [0.4, 0.5) is 0 Å². The van der Waals surface area contributed by atoms with Crippen LogP contribution in [0, 0.1) is 6.92 Å². The average Bonchev–Trinajstić information content (AvgIpc) is 2.82. The Hall–Kier alpha value is -1.23. The van der Waals surface area contributed by atoms with Crippen LogP contribution < -0.4 is 5.73 Å². The van der Waals surface area contributed by atoms with E-state index in [2.05, 4.69) is 36.1 Å². The molecule has 2 heterocycles. The van der Waals surface area contributed by atoms with Gasteiger partial charge < -0.3 is 5.73 Å². The molecule has 2 aromatic rings. The quantitative estimate of drug-likeness (QED) is 0.934. The van der Waals surface area contributed by atoms with E-state index in [9.17, 15) is 0 Å². The molecule has 0 aliphatic carbocycles. The number of aryl methyl sites for hydroxylation is 1. The fourth-order valence-electron chi connectivity index (χ4n) is 2.55. The summed E-state index contributed by atoms with van der Waals surface area (Å²) < 4.78 is 0. The van der Waals surface area contributed by atoms with Crippen LogP contribution in [0.2, 0.25) is 0 Å². The highest BCUT2D eigenvalue weighted by molar-refractivity contribution is 7.15.